The summed E-state index contributed by atoms with van der Waals surface area (Å²) >= 11 is 1.85. The minimum atomic E-state index is -0.255. The number of thioether (sulfide) groups is 1. The van der Waals surface area contributed by atoms with Gasteiger partial charge in [-0.3, -0.25) is 9.69 Å². The number of likely N-dealkylation sites (tertiary alicyclic amines) is 1. The Morgan fingerprint density at radius 1 is 1.11 bits per heavy atom. The molecule has 148 valence electrons. The number of hydrogen-bond donors (Lipinski definition) is 0. The molecule has 2 aliphatic rings. The van der Waals surface area contributed by atoms with Crippen molar-refractivity contribution in [2.45, 2.75) is 48.9 Å². The minimum Gasteiger partial charge on any atom is -0.311 e. The lowest BCUT2D eigenvalue weighted by molar-refractivity contribution is -0.125. The van der Waals surface area contributed by atoms with Gasteiger partial charge >= 0.3 is 0 Å². The molecule has 2 aliphatic heterocycles. The number of pyridine rings is 1. The molecule has 2 aromatic rings. The first-order chi connectivity index (χ1) is 13.6. The fraction of sp³-hybridized carbons (Fsp3) is 0.455. The Kier molecular flexibility index (Phi) is 5.97. The molecule has 4 rings (SSSR count). The van der Waals surface area contributed by atoms with E-state index < -0.39 is 0 Å². The second kappa shape index (κ2) is 8.62. The van der Waals surface area contributed by atoms with Gasteiger partial charge in [-0.15, -0.1) is 11.8 Å². The Morgan fingerprint density at radius 2 is 1.93 bits per heavy atom. The van der Waals surface area contributed by atoms with Crippen LogP contribution in [0.3, 0.4) is 0 Å². The number of rotatable bonds is 4. The van der Waals surface area contributed by atoms with E-state index in [1.807, 2.05) is 41.9 Å². The van der Waals surface area contributed by atoms with Crippen LogP contribution in [-0.2, 0) is 4.79 Å². The molecule has 0 N–H and O–H groups in total. The molecule has 1 aromatic carbocycles. The number of aryl methyl sites for hydroxylation is 1. The number of hydrogen-bond acceptors (Lipinski definition) is 4. The molecule has 0 bridgehead atoms. The van der Waals surface area contributed by atoms with Gasteiger partial charge < -0.3 is 4.90 Å². The summed E-state index contributed by atoms with van der Waals surface area (Å²) in [5, 5.41) is 1.63. The number of benzene rings is 1. The highest BCUT2D eigenvalue weighted by Crippen LogP contribution is 2.32. The fourth-order valence-corrected chi connectivity index (χ4v) is 5.32. The maximum absolute atomic E-state index is 13.5. The fourth-order valence-electron chi connectivity index (χ4n) is 4.25. The molecule has 1 atom stereocenters. The average Bonchev–Trinajstić information content (AvgIpc) is 2.70. The van der Waals surface area contributed by atoms with Gasteiger partial charge in [0.15, 0.2) is 0 Å². The molecular weight excluding hydrogens is 373 g/mol. The molecule has 4 nitrogen and oxygen atoms in total. The quantitative estimate of drug-likeness (QED) is 0.769. The van der Waals surface area contributed by atoms with E-state index in [2.05, 4.69) is 16.0 Å². The highest BCUT2D eigenvalue weighted by atomic mass is 32.2. The number of piperidine rings is 2. The number of nitrogens with zero attached hydrogens (tertiary/aromatic N) is 3. The van der Waals surface area contributed by atoms with Crippen LogP contribution >= 0.6 is 11.8 Å². The molecule has 2 saturated heterocycles. The highest BCUT2D eigenvalue weighted by Gasteiger charge is 2.36. The summed E-state index contributed by atoms with van der Waals surface area (Å²) in [6, 6.07) is 10.7. The van der Waals surface area contributed by atoms with Crippen LogP contribution in [0.2, 0.25) is 0 Å². The van der Waals surface area contributed by atoms with Crippen molar-refractivity contribution in [3.8, 4) is 0 Å². The van der Waals surface area contributed by atoms with Crippen molar-refractivity contribution >= 4 is 23.4 Å². The van der Waals surface area contributed by atoms with E-state index in [0.29, 0.717) is 11.8 Å². The van der Waals surface area contributed by atoms with Crippen LogP contribution in [-0.4, -0.2) is 46.7 Å². The molecule has 3 heterocycles. The Bertz CT molecular complexity index is 824. The van der Waals surface area contributed by atoms with Crippen LogP contribution in [0.4, 0.5) is 10.1 Å². The van der Waals surface area contributed by atoms with Crippen LogP contribution < -0.4 is 4.90 Å². The second-order valence-corrected chi connectivity index (χ2v) is 8.92. The number of aromatic nitrogens is 1. The van der Waals surface area contributed by atoms with E-state index in [9.17, 15) is 9.18 Å². The van der Waals surface area contributed by atoms with Crippen molar-refractivity contribution in [1.82, 2.24) is 9.88 Å². The molecule has 28 heavy (non-hydrogen) atoms. The summed E-state index contributed by atoms with van der Waals surface area (Å²) in [7, 11) is 0. The van der Waals surface area contributed by atoms with Crippen LogP contribution in [0.15, 0.2) is 47.6 Å². The zero-order valence-electron chi connectivity index (χ0n) is 16.2. The van der Waals surface area contributed by atoms with E-state index in [1.54, 1.807) is 6.07 Å². The predicted molar refractivity (Wildman–Crippen MR) is 111 cm³/mol. The van der Waals surface area contributed by atoms with E-state index in [1.165, 1.54) is 12.1 Å². The van der Waals surface area contributed by atoms with Crippen molar-refractivity contribution < 1.29 is 9.18 Å². The first-order valence-corrected chi connectivity index (χ1v) is 10.9. The molecule has 0 aliphatic carbocycles. The van der Waals surface area contributed by atoms with Gasteiger partial charge in [-0.05, 0) is 81.6 Å². The van der Waals surface area contributed by atoms with Gasteiger partial charge in [0.25, 0.3) is 0 Å². The molecule has 1 amide bonds. The normalized spacial score (nSPS) is 21.9. The molecule has 0 radical (unpaired) electrons. The van der Waals surface area contributed by atoms with Gasteiger partial charge in [0.1, 0.15) is 5.82 Å². The summed E-state index contributed by atoms with van der Waals surface area (Å²) in [4.78, 5) is 21.8. The molecular formula is C22H26FN3OS. The zero-order chi connectivity index (χ0) is 19.5. The third-order valence-corrected chi connectivity index (χ3v) is 6.99. The number of carbonyl (C=O) groups excluding carboxylic acids is 1. The Labute approximate surface area is 170 Å². The SMILES string of the molecule is Cc1cc(F)ccc1N1CCC[C@H](N2CCC(Sc3ccccn3)CC2)C1=O. The van der Waals surface area contributed by atoms with Gasteiger partial charge in [0.2, 0.25) is 5.91 Å². The van der Waals surface area contributed by atoms with Crippen LogP contribution in [0.25, 0.3) is 0 Å². The third-order valence-electron chi connectivity index (χ3n) is 5.70. The molecule has 0 spiro atoms. The summed E-state index contributed by atoms with van der Waals surface area (Å²) in [5.41, 5.74) is 1.66. The van der Waals surface area contributed by atoms with Crippen LogP contribution in [0, 0.1) is 12.7 Å². The monoisotopic (exact) mass is 399 g/mol. The standard InChI is InChI=1S/C22H26FN3OS/c1-16-15-17(23)7-8-19(16)26-12-4-5-20(22(26)27)25-13-9-18(10-14-25)28-21-6-2-3-11-24-21/h2-3,6-8,11,15,18,20H,4-5,9-10,12-14H2,1H3/t20-/m0/s1. The first-order valence-electron chi connectivity index (χ1n) is 10.0. The Morgan fingerprint density at radius 3 is 2.64 bits per heavy atom. The van der Waals surface area contributed by atoms with Gasteiger partial charge in [0, 0.05) is 23.7 Å². The number of carbonyl (C=O) groups is 1. The van der Waals surface area contributed by atoms with Gasteiger partial charge in [-0.2, -0.15) is 0 Å². The van der Waals surface area contributed by atoms with Crippen LogP contribution in [0.1, 0.15) is 31.2 Å². The highest BCUT2D eigenvalue weighted by molar-refractivity contribution is 7.99. The van der Waals surface area contributed by atoms with E-state index in [-0.39, 0.29) is 17.8 Å². The smallest absolute Gasteiger partial charge is 0.244 e. The number of halogens is 1. The van der Waals surface area contributed by atoms with E-state index in [4.69, 9.17) is 0 Å². The predicted octanol–water partition coefficient (Wildman–Crippen LogP) is 4.28. The largest absolute Gasteiger partial charge is 0.311 e. The van der Waals surface area contributed by atoms with Gasteiger partial charge in [0.05, 0.1) is 11.1 Å². The molecule has 6 heteroatoms. The maximum Gasteiger partial charge on any atom is 0.244 e. The lowest BCUT2D eigenvalue weighted by atomic mass is 9.98. The maximum atomic E-state index is 13.5. The van der Waals surface area contributed by atoms with E-state index >= 15 is 0 Å². The molecule has 0 unspecified atom stereocenters. The molecule has 2 fully saturated rings. The summed E-state index contributed by atoms with van der Waals surface area (Å²) in [6.45, 7) is 4.47. The molecule has 0 saturated carbocycles. The lowest BCUT2D eigenvalue weighted by Crippen LogP contribution is -2.54. The zero-order valence-corrected chi connectivity index (χ0v) is 17.0. The minimum absolute atomic E-state index is 0.0565. The lowest BCUT2D eigenvalue weighted by Gasteiger charge is -2.41. The van der Waals surface area contributed by atoms with Crippen molar-refractivity contribution in [1.29, 1.82) is 0 Å². The second-order valence-electron chi connectivity index (χ2n) is 7.60. The average molecular weight is 400 g/mol. The summed E-state index contributed by atoms with van der Waals surface area (Å²) in [6.07, 6.45) is 5.87. The van der Waals surface area contributed by atoms with Crippen molar-refractivity contribution in [3.05, 3.63) is 54.0 Å². The molecule has 1 aromatic heterocycles. The Balaban J connectivity index is 1.39. The third kappa shape index (κ3) is 4.23. The first kappa shape index (κ1) is 19.4. The van der Waals surface area contributed by atoms with Gasteiger partial charge in [-0.1, -0.05) is 6.07 Å². The van der Waals surface area contributed by atoms with Crippen LogP contribution in [0.5, 0.6) is 0 Å². The summed E-state index contributed by atoms with van der Waals surface area (Å²) in [5.74, 6) is -0.0912. The van der Waals surface area contributed by atoms with Crippen molar-refractivity contribution in [2.24, 2.45) is 0 Å². The summed E-state index contributed by atoms with van der Waals surface area (Å²) < 4.78 is 13.5. The van der Waals surface area contributed by atoms with Crippen molar-refractivity contribution in [2.75, 3.05) is 24.5 Å². The van der Waals surface area contributed by atoms with Crippen molar-refractivity contribution in [3.63, 3.8) is 0 Å². The number of amides is 1. The number of anilines is 1. The Hall–Kier alpha value is -1.92. The van der Waals surface area contributed by atoms with Gasteiger partial charge in [-0.25, -0.2) is 9.37 Å². The topological polar surface area (TPSA) is 36.4 Å². The van der Waals surface area contributed by atoms with E-state index in [0.717, 1.165) is 55.0 Å².